The number of fused-ring (bicyclic) bond motifs is 3. The average Bonchev–Trinajstić information content (AvgIpc) is 2.98. The van der Waals surface area contributed by atoms with E-state index in [1.165, 1.54) is 33.1 Å². The standard InChI is InChI=1S/C22H25N.C2H6/c1-6-22(4,5)16(2)15-17(3)23-20-13-9-7-11-18(20)19-12-8-10-14-21(19)23;1-2/h7-15H,2,6H2,1,3-5H3;1-2H3/b17-15+;. The van der Waals surface area contributed by atoms with Crippen molar-refractivity contribution in [1.82, 2.24) is 4.57 Å². The summed E-state index contributed by atoms with van der Waals surface area (Å²) in [7, 11) is 0. The van der Waals surface area contributed by atoms with E-state index in [0.717, 1.165) is 6.42 Å². The molecule has 0 amide bonds. The van der Waals surface area contributed by atoms with Gasteiger partial charge in [0, 0.05) is 16.5 Å². The molecule has 0 saturated carbocycles. The molecule has 0 bridgehead atoms. The van der Waals surface area contributed by atoms with Crippen molar-refractivity contribution in [2.45, 2.75) is 48.0 Å². The fourth-order valence-corrected chi connectivity index (χ4v) is 3.04. The van der Waals surface area contributed by atoms with Gasteiger partial charge in [-0.25, -0.2) is 0 Å². The number of aromatic nitrogens is 1. The van der Waals surface area contributed by atoms with E-state index in [1.807, 2.05) is 13.8 Å². The Labute approximate surface area is 152 Å². The van der Waals surface area contributed by atoms with Crippen molar-refractivity contribution >= 4 is 27.5 Å². The molecule has 2 aromatic carbocycles. The third kappa shape index (κ3) is 3.56. The van der Waals surface area contributed by atoms with Crippen LogP contribution in [-0.4, -0.2) is 4.57 Å². The fraction of sp³-hybridized carbons (Fsp3) is 0.333. The Balaban J connectivity index is 0.00000109. The van der Waals surface area contributed by atoms with Gasteiger partial charge in [-0.3, -0.25) is 0 Å². The molecule has 0 radical (unpaired) electrons. The number of nitrogens with zero attached hydrogens (tertiary/aromatic N) is 1. The molecule has 0 saturated heterocycles. The number of allylic oxidation sites excluding steroid dienone is 3. The second kappa shape index (κ2) is 7.74. The van der Waals surface area contributed by atoms with Crippen LogP contribution in [0.2, 0.25) is 0 Å². The van der Waals surface area contributed by atoms with Crippen LogP contribution in [0.3, 0.4) is 0 Å². The summed E-state index contributed by atoms with van der Waals surface area (Å²) >= 11 is 0. The van der Waals surface area contributed by atoms with E-state index >= 15 is 0 Å². The number of hydrogen-bond donors (Lipinski definition) is 0. The normalized spacial score (nSPS) is 12.2. The maximum absolute atomic E-state index is 4.32. The highest BCUT2D eigenvalue weighted by Crippen LogP contribution is 2.34. The van der Waals surface area contributed by atoms with Crippen LogP contribution in [0.4, 0.5) is 0 Å². The van der Waals surface area contributed by atoms with Crippen molar-refractivity contribution in [3.05, 3.63) is 66.8 Å². The van der Waals surface area contributed by atoms with Gasteiger partial charge in [0.25, 0.3) is 0 Å². The predicted molar refractivity (Wildman–Crippen MR) is 114 cm³/mol. The lowest BCUT2D eigenvalue weighted by Crippen LogP contribution is -2.11. The van der Waals surface area contributed by atoms with Crippen LogP contribution in [0.5, 0.6) is 0 Å². The van der Waals surface area contributed by atoms with E-state index < -0.39 is 0 Å². The first-order valence-corrected chi connectivity index (χ1v) is 9.32. The van der Waals surface area contributed by atoms with Crippen molar-refractivity contribution in [1.29, 1.82) is 0 Å². The smallest absolute Gasteiger partial charge is 0.0537 e. The van der Waals surface area contributed by atoms with Gasteiger partial charge < -0.3 is 4.57 Å². The molecule has 0 N–H and O–H groups in total. The number of hydrogen-bond acceptors (Lipinski definition) is 0. The molecule has 25 heavy (non-hydrogen) atoms. The fourth-order valence-electron chi connectivity index (χ4n) is 3.04. The van der Waals surface area contributed by atoms with Crippen molar-refractivity contribution in [3.8, 4) is 0 Å². The van der Waals surface area contributed by atoms with Crippen molar-refractivity contribution in [2.75, 3.05) is 0 Å². The van der Waals surface area contributed by atoms with Gasteiger partial charge in [0.2, 0.25) is 0 Å². The Hall–Kier alpha value is -2.28. The van der Waals surface area contributed by atoms with E-state index in [0.29, 0.717) is 0 Å². The quantitative estimate of drug-likeness (QED) is 0.431. The first-order chi connectivity index (χ1) is 12.0. The van der Waals surface area contributed by atoms with Crippen molar-refractivity contribution in [3.63, 3.8) is 0 Å². The summed E-state index contributed by atoms with van der Waals surface area (Å²) in [4.78, 5) is 0. The molecule has 3 aromatic rings. The van der Waals surface area contributed by atoms with Crippen LogP contribution in [-0.2, 0) is 0 Å². The zero-order valence-corrected chi connectivity index (χ0v) is 16.6. The summed E-state index contributed by atoms with van der Waals surface area (Å²) in [5.41, 5.74) is 5.03. The Bertz CT molecular complexity index is 853. The lowest BCUT2D eigenvalue weighted by Gasteiger charge is -2.24. The lowest BCUT2D eigenvalue weighted by molar-refractivity contribution is 0.441. The summed E-state index contributed by atoms with van der Waals surface area (Å²) in [6.45, 7) is 17.2. The van der Waals surface area contributed by atoms with Crippen LogP contribution in [0.25, 0.3) is 27.5 Å². The Morgan fingerprint density at radius 1 is 0.960 bits per heavy atom. The maximum Gasteiger partial charge on any atom is 0.0537 e. The Morgan fingerprint density at radius 2 is 1.40 bits per heavy atom. The molecule has 132 valence electrons. The minimum absolute atomic E-state index is 0.125. The zero-order chi connectivity index (χ0) is 18.6. The molecule has 3 rings (SSSR count). The van der Waals surface area contributed by atoms with Crippen molar-refractivity contribution < 1.29 is 0 Å². The van der Waals surface area contributed by atoms with Gasteiger partial charge in [0.1, 0.15) is 0 Å². The van der Waals surface area contributed by atoms with Gasteiger partial charge in [0.05, 0.1) is 11.0 Å². The van der Waals surface area contributed by atoms with Crippen LogP contribution in [0, 0.1) is 5.41 Å². The summed E-state index contributed by atoms with van der Waals surface area (Å²) in [5.74, 6) is 0. The van der Waals surface area contributed by atoms with E-state index in [-0.39, 0.29) is 5.41 Å². The molecule has 0 aliphatic rings. The average molecular weight is 334 g/mol. The summed E-state index contributed by atoms with van der Waals surface area (Å²) in [6, 6.07) is 17.2. The molecular weight excluding hydrogens is 302 g/mol. The van der Waals surface area contributed by atoms with E-state index in [1.54, 1.807) is 0 Å². The van der Waals surface area contributed by atoms with E-state index in [2.05, 4.69) is 93.4 Å². The molecule has 0 aliphatic carbocycles. The molecule has 0 unspecified atom stereocenters. The molecule has 0 fully saturated rings. The van der Waals surface area contributed by atoms with Crippen molar-refractivity contribution in [2.24, 2.45) is 5.41 Å². The third-order valence-electron chi connectivity index (χ3n) is 5.07. The third-order valence-corrected chi connectivity index (χ3v) is 5.07. The highest BCUT2D eigenvalue weighted by Gasteiger charge is 2.18. The van der Waals surface area contributed by atoms with Gasteiger partial charge in [0.15, 0.2) is 0 Å². The van der Waals surface area contributed by atoms with E-state index in [4.69, 9.17) is 0 Å². The Kier molecular flexibility index (Phi) is 5.89. The molecule has 1 heterocycles. The van der Waals surface area contributed by atoms with Gasteiger partial charge in [-0.1, -0.05) is 77.6 Å². The molecular formula is C24H31N. The maximum atomic E-state index is 4.32. The number of benzene rings is 2. The SMILES string of the molecule is C=C(/C=C(\C)n1c2ccccc2c2ccccc21)C(C)(C)CC.CC. The highest BCUT2D eigenvalue weighted by molar-refractivity contribution is 6.09. The zero-order valence-electron chi connectivity index (χ0n) is 16.6. The van der Waals surface area contributed by atoms with Crippen LogP contribution < -0.4 is 0 Å². The van der Waals surface area contributed by atoms with Gasteiger partial charge in [-0.15, -0.1) is 0 Å². The Morgan fingerprint density at radius 3 is 1.84 bits per heavy atom. The van der Waals surface area contributed by atoms with Gasteiger partial charge in [-0.05, 0) is 42.5 Å². The minimum atomic E-state index is 0.125. The molecule has 1 aromatic heterocycles. The van der Waals surface area contributed by atoms with Gasteiger partial charge >= 0.3 is 0 Å². The number of para-hydroxylation sites is 2. The monoisotopic (exact) mass is 333 g/mol. The van der Waals surface area contributed by atoms with Gasteiger partial charge in [-0.2, -0.15) is 0 Å². The molecule has 0 atom stereocenters. The predicted octanol–water partition coefficient (Wildman–Crippen LogP) is 7.67. The lowest BCUT2D eigenvalue weighted by atomic mass is 9.82. The van der Waals surface area contributed by atoms with Crippen LogP contribution in [0.15, 0.2) is 66.8 Å². The molecule has 1 nitrogen and oxygen atoms in total. The second-order valence-corrected chi connectivity index (χ2v) is 6.92. The molecule has 1 heteroatoms. The van der Waals surface area contributed by atoms with E-state index in [9.17, 15) is 0 Å². The molecule has 0 spiro atoms. The topological polar surface area (TPSA) is 4.93 Å². The molecule has 0 aliphatic heterocycles. The summed E-state index contributed by atoms with van der Waals surface area (Å²) in [6.07, 6.45) is 3.32. The highest BCUT2D eigenvalue weighted by atomic mass is 15.0. The minimum Gasteiger partial charge on any atom is -0.313 e. The first kappa shape index (κ1) is 19.1. The van der Waals surface area contributed by atoms with Crippen LogP contribution in [0.1, 0.15) is 48.0 Å². The summed E-state index contributed by atoms with van der Waals surface area (Å²) in [5, 5.41) is 2.60. The second-order valence-electron chi connectivity index (χ2n) is 6.92. The first-order valence-electron chi connectivity index (χ1n) is 9.32. The summed E-state index contributed by atoms with van der Waals surface area (Å²) < 4.78 is 2.35. The number of rotatable bonds is 4. The largest absolute Gasteiger partial charge is 0.313 e. The van der Waals surface area contributed by atoms with Crippen LogP contribution >= 0.6 is 0 Å².